The first-order valence-electron chi connectivity index (χ1n) is 10.3. The summed E-state index contributed by atoms with van der Waals surface area (Å²) in [5.41, 5.74) is 5.72. The zero-order valence-electron chi connectivity index (χ0n) is 17.4. The predicted molar refractivity (Wildman–Crippen MR) is 122 cm³/mol. The van der Waals surface area contributed by atoms with Crippen LogP contribution in [0, 0.1) is 0 Å². The molecular formula is C24H27N5O. The van der Waals surface area contributed by atoms with Crippen LogP contribution in [0.3, 0.4) is 0 Å². The van der Waals surface area contributed by atoms with Crippen molar-refractivity contribution in [2.24, 2.45) is 4.99 Å². The van der Waals surface area contributed by atoms with Gasteiger partial charge in [0.1, 0.15) is 6.26 Å². The van der Waals surface area contributed by atoms with E-state index in [1.165, 1.54) is 22.0 Å². The van der Waals surface area contributed by atoms with Gasteiger partial charge in [0, 0.05) is 36.3 Å². The van der Waals surface area contributed by atoms with Crippen molar-refractivity contribution in [3.8, 4) is 11.5 Å². The molecule has 0 spiro atoms. The molecule has 0 amide bonds. The third-order valence-corrected chi connectivity index (χ3v) is 5.19. The number of aromatic nitrogens is 2. The molecule has 0 bridgehead atoms. The number of para-hydroxylation sites is 1. The largest absolute Gasteiger partial charge is 0.444 e. The second kappa shape index (κ2) is 9.31. The van der Waals surface area contributed by atoms with Gasteiger partial charge in [-0.3, -0.25) is 4.99 Å². The Bertz CT molecular complexity index is 1130. The van der Waals surface area contributed by atoms with Gasteiger partial charge >= 0.3 is 0 Å². The topological polar surface area (TPSA) is 78.2 Å². The van der Waals surface area contributed by atoms with E-state index in [0.29, 0.717) is 12.4 Å². The smallest absolute Gasteiger partial charge is 0.226 e. The zero-order valence-corrected chi connectivity index (χ0v) is 17.4. The van der Waals surface area contributed by atoms with Crippen molar-refractivity contribution in [1.82, 2.24) is 20.6 Å². The highest BCUT2D eigenvalue weighted by Gasteiger charge is 2.08. The number of aliphatic imine (C=N–C) groups is 1. The van der Waals surface area contributed by atoms with Gasteiger partial charge in [-0.2, -0.15) is 0 Å². The number of nitrogens with zero attached hydrogens (tertiary/aromatic N) is 2. The molecule has 0 fully saturated rings. The minimum absolute atomic E-state index is 0.545. The summed E-state index contributed by atoms with van der Waals surface area (Å²) in [6.07, 6.45) is 5.73. The van der Waals surface area contributed by atoms with Gasteiger partial charge in [-0.25, -0.2) is 4.98 Å². The van der Waals surface area contributed by atoms with E-state index in [1.54, 1.807) is 13.3 Å². The molecule has 0 atom stereocenters. The van der Waals surface area contributed by atoms with Crippen LogP contribution in [0.2, 0.25) is 0 Å². The first-order chi connectivity index (χ1) is 14.8. The molecule has 0 radical (unpaired) electrons. The molecule has 154 valence electrons. The Morgan fingerprint density at radius 3 is 2.73 bits per heavy atom. The Labute approximate surface area is 176 Å². The van der Waals surface area contributed by atoms with E-state index in [9.17, 15) is 0 Å². The molecule has 0 saturated heterocycles. The fraction of sp³-hybridized carbons (Fsp3) is 0.250. The molecule has 0 aliphatic heterocycles. The van der Waals surface area contributed by atoms with E-state index < -0.39 is 0 Å². The van der Waals surface area contributed by atoms with Gasteiger partial charge < -0.3 is 20.0 Å². The fourth-order valence-corrected chi connectivity index (χ4v) is 3.59. The van der Waals surface area contributed by atoms with Crippen molar-refractivity contribution in [1.29, 1.82) is 0 Å². The van der Waals surface area contributed by atoms with Gasteiger partial charge in [0.05, 0.1) is 12.2 Å². The van der Waals surface area contributed by atoms with E-state index in [4.69, 9.17) is 4.42 Å². The standard InChI is InChI=1S/C24H27N5O/c1-3-17-10-7-11-21-19(14-27-22(17)21)12-13-26-24(25-2)28-15-20-16-30-23(29-20)18-8-5-4-6-9-18/h4-11,14,16,27H,3,12-13,15H2,1-2H3,(H2,25,26,28). The number of rotatable bonds is 7. The van der Waals surface area contributed by atoms with Crippen LogP contribution in [0.5, 0.6) is 0 Å². The van der Waals surface area contributed by atoms with E-state index in [1.807, 2.05) is 30.3 Å². The molecule has 0 saturated carbocycles. The number of benzene rings is 2. The second-order valence-corrected chi connectivity index (χ2v) is 7.12. The monoisotopic (exact) mass is 401 g/mol. The van der Waals surface area contributed by atoms with E-state index in [0.717, 1.165) is 36.6 Å². The van der Waals surface area contributed by atoms with E-state index >= 15 is 0 Å². The van der Waals surface area contributed by atoms with Crippen LogP contribution in [0.25, 0.3) is 22.4 Å². The first kappa shape index (κ1) is 19.8. The molecule has 3 N–H and O–H groups in total. The summed E-state index contributed by atoms with van der Waals surface area (Å²) in [6, 6.07) is 16.4. The normalized spacial score (nSPS) is 11.7. The molecule has 6 heteroatoms. The lowest BCUT2D eigenvalue weighted by Crippen LogP contribution is -2.37. The maximum atomic E-state index is 5.59. The average Bonchev–Trinajstić information content (AvgIpc) is 3.44. The highest BCUT2D eigenvalue weighted by Crippen LogP contribution is 2.22. The number of H-pyrrole nitrogens is 1. The van der Waals surface area contributed by atoms with Crippen molar-refractivity contribution in [2.75, 3.05) is 13.6 Å². The lowest BCUT2D eigenvalue weighted by Gasteiger charge is -2.10. The number of aromatic amines is 1. The van der Waals surface area contributed by atoms with Gasteiger partial charge in [0.2, 0.25) is 5.89 Å². The summed E-state index contributed by atoms with van der Waals surface area (Å²) >= 11 is 0. The lowest BCUT2D eigenvalue weighted by atomic mass is 10.1. The third-order valence-electron chi connectivity index (χ3n) is 5.19. The Kier molecular flexibility index (Phi) is 6.13. The summed E-state index contributed by atoms with van der Waals surface area (Å²) in [5.74, 6) is 1.37. The van der Waals surface area contributed by atoms with Crippen LogP contribution in [0.15, 0.2) is 70.4 Å². The summed E-state index contributed by atoms with van der Waals surface area (Å²) in [5, 5.41) is 7.97. The molecule has 0 aliphatic rings. The second-order valence-electron chi connectivity index (χ2n) is 7.12. The van der Waals surface area contributed by atoms with Gasteiger partial charge in [-0.05, 0) is 36.1 Å². The van der Waals surface area contributed by atoms with Crippen LogP contribution >= 0.6 is 0 Å². The number of fused-ring (bicyclic) bond motifs is 1. The summed E-state index contributed by atoms with van der Waals surface area (Å²) < 4.78 is 5.59. The summed E-state index contributed by atoms with van der Waals surface area (Å²) in [7, 11) is 1.77. The van der Waals surface area contributed by atoms with Crippen LogP contribution in [-0.2, 0) is 19.4 Å². The zero-order chi connectivity index (χ0) is 20.8. The first-order valence-corrected chi connectivity index (χ1v) is 10.3. The molecule has 6 nitrogen and oxygen atoms in total. The number of aryl methyl sites for hydroxylation is 1. The SMILES string of the molecule is CCc1cccc2c(CCNC(=NC)NCc3coc(-c4ccccc4)n3)c[nH]c12. The predicted octanol–water partition coefficient (Wildman–Crippen LogP) is 4.29. The Balaban J connectivity index is 1.30. The van der Waals surface area contributed by atoms with Crippen molar-refractivity contribution in [3.63, 3.8) is 0 Å². The van der Waals surface area contributed by atoms with Crippen molar-refractivity contribution < 1.29 is 4.42 Å². The summed E-state index contributed by atoms with van der Waals surface area (Å²) in [6.45, 7) is 3.52. The average molecular weight is 402 g/mol. The number of guanidine groups is 1. The van der Waals surface area contributed by atoms with Gasteiger partial charge in [-0.1, -0.05) is 43.3 Å². The fourth-order valence-electron chi connectivity index (χ4n) is 3.59. The minimum Gasteiger partial charge on any atom is -0.444 e. The van der Waals surface area contributed by atoms with Crippen molar-refractivity contribution in [2.45, 2.75) is 26.3 Å². The van der Waals surface area contributed by atoms with E-state index in [2.05, 4.69) is 56.9 Å². The molecular weight excluding hydrogens is 374 g/mol. The number of hydrogen-bond donors (Lipinski definition) is 3. The Morgan fingerprint density at radius 1 is 1.07 bits per heavy atom. The maximum absolute atomic E-state index is 5.59. The highest BCUT2D eigenvalue weighted by atomic mass is 16.3. The number of oxazole rings is 1. The number of hydrogen-bond acceptors (Lipinski definition) is 3. The molecule has 2 aromatic carbocycles. The van der Waals surface area contributed by atoms with Crippen LogP contribution < -0.4 is 10.6 Å². The summed E-state index contributed by atoms with van der Waals surface area (Å²) in [4.78, 5) is 12.3. The quantitative estimate of drug-likeness (QED) is 0.319. The van der Waals surface area contributed by atoms with Crippen LogP contribution in [0.4, 0.5) is 0 Å². The molecule has 4 aromatic rings. The van der Waals surface area contributed by atoms with Crippen LogP contribution in [0.1, 0.15) is 23.7 Å². The van der Waals surface area contributed by atoms with Gasteiger partial charge in [-0.15, -0.1) is 0 Å². The highest BCUT2D eigenvalue weighted by molar-refractivity contribution is 5.86. The lowest BCUT2D eigenvalue weighted by molar-refractivity contribution is 0.572. The third kappa shape index (κ3) is 4.38. The maximum Gasteiger partial charge on any atom is 0.226 e. The Morgan fingerprint density at radius 2 is 1.93 bits per heavy atom. The molecule has 2 aromatic heterocycles. The molecule has 30 heavy (non-hydrogen) atoms. The Hall–Kier alpha value is -3.54. The van der Waals surface area contributed by atoms with Gasteiger partial charge in [0.15, 0.2) is 5.96 Å². The molecule has 0 aliphatic carbocycles. The van der Waals surface area contributed by atoms with Crippen LogP contribution in [-0.4, -0.2) is 29.5 Å². The van der Waals surface area contributed by atoms with Crippen molar-refractivity contribution >= 4 is 16.9 Å². The molecule has 4 rings (SSSR count). The van der Waals surface area contributed by atoms with E-state index in [-0.39, 0.29) is 0 Å². The molecule has 2 heterocycles. The number of nitrogens with one attached hydrogen (secondary N) is 3. The van der Waals surface area contributed by atoms with Gasteiger partial charge in [0.25, 0.3) is 0 Å². The van der Waals surface area contributed by atoms with Crippen molar-refractivity contribution in [3.05, 3.63) is 77.8 Å². The minimum atomic E-state index is 0.545. The molecule has 0 unspecified atom stereocenters.